The number of hydrogen-bond acceptors (Lipinski definition) is 3. The highest BCUT2D eigenvalue weighted by Crippen LogP contribution is 2.30. The fourth-order valence-corrected chi connectivity index (χ4v) is 2.66. The van der Waals surface area contributed by atoms with Gasteiger partial charge < -0.3 is 9.47 Å². The summed E-state index contributed by atoms with van der Waals surface area (Å²) in [6, 6.07) is 0. The fourth-order valence-electron chi connectivity index (χ4n) is 2.66. The van der Waals surface area contributed by atoms with Crippen molar-refractivity contribution in [1.82, 2.24) is 0 Å². The van der Waals surface area contributed by atoms with Gasteiger partial charge in [0.1, 0.15) is 5.78 Å². The quantitative estimate of drug-likeness (QED) is 0.623. The van der Waals surface area contributed by atoms with Crippen molar-refractivity contribution in [3.63, 3.8) is 0 Å². The molecule has 3 nitrogen and oxygen atoms in total. The molecule has 0 bridgehead atoms. The molecule has 0 aromatic heterocycles. The van der Waals surface area contributed by atoms with Crippen LogP contribution in [0.5, 0.6) is 0 Å². The highest BCUT2D eigenvalue weighted by Gasteiger charge is 2.37. The second-order valence-corrected chi connectivity index (χ2v) is 5.56. The summed E-state index contributed by atoms with van der Waals surface area (Å²) in [5.41, 5.74) is 0. The number of fused-ring (bicyclic) bond motifs is 1. The Morgan fingerprint density at radius 1 is 0.778 bits per heavy atom. The minimum Gasteiger partial charge on any atom is -0.381 e. The van der Waals surface area contributed by atoms with Crippen molar-refractivity contribution >= 4 is 5.78 Å². The highest BCUT2D eigenvalue weighted by molar-refractivity contribution is 5.78. The topological polar surface area (TPSA) is 38.8 Å². The van der Waals surface area contributed by atoms with Gasteiger partial charge in [-0.25, -0.2) is 0 Å². The van der Waals surface area contributed by atoms with Gasteiger partial charge in [-0.2, -0.15) is 0 Å². The highest BCUT2D eigenvalue weighted by atomic mass is 16.6. The molecule has 0 saturated carbocycles. The van der Waals surface area contributed by atoms with Gasteiger partial charge >= 0.3 is 0 Å². The maximum Gasteiger partial charge on any atom is 0.132 e. The van der Waals surface area contributed by atoms with E-state index in [1.807, 2.05) is 0 Å². The summed E-state index contributed by atoms with van der Waals surface area (Å²) in [6.45, 7) is 1.61. The number of hydrogen-bond donors (Lipinski definition) is 0. The van der Waals surface area contributed by atoms with Crippen LogP contribution in [0.4, 0.5) is 0 Å². The van der Waals surface area contributed by atoms with E-state index in [0.29, 0.717) is 18.0 Å². The van der Waals surface area contributed by atoms with Gasteiger partial charge in [-0.1, -0.05) is 19.3 Å². The van der Waals surface area contributed by atoms with Gasteiger partial charge in [0.05, 0.1) is 12.2 Å². The molecule has 3 heteroatoms. The molecule has 18 heavy (non-hydrogen) atoms. The van der Waals surface area contributed by atoms with Gasteiger partial charge in [0.25, 0.3) is 0 Å². The first-order valence-corrected chi connectivity index (χ1v) is 7.61. The predicted molar refractivity (Wildman–Crippen MR) is 70.7 cm³/mol. The van der Waals surface area contributed by atoms with Gasteiger partial charge in [-0.3, -0.25) is 4.79 Å². The Balaban J connectivity index is 1.64. The maximum atomic E-state index is 11.6. The Hall–Kier alpha value is -0.410. The fraction of sp³-hybridized carbons (Fsp3) is 0.933. The molecule has 2 heterocycles. The average Bonchev–Trinajstić information content (AvgIpc) is 3.10. The van der Waals surface area contributed by atoms with E-state index >= 15 is 0 Å². The van der Waals surface area contributed by atoms with E-state index in [0.717, 1.165) is 51.7 Å². The Labute approximate surface area is 110 Å². The third kappa shape index (κ3) is 5.49. The van der Waals surface area contributed by atoms with E-state index in [1.165, 1.54) is 25.7 Å². The molecular formula is C15H26O3. The number of carbonyl (C=O) groups is 1. The van der Waals surface area contributed by atoms with Crippen LogP contribution >= 0.6 is 0 Å². The number of carbonyl (C=O) groups excluding carboxylic acids is 1. The number of Topliss-reactive ketones (excluding diaryl/α,β-unsaturated/α-hetero) is 1. The smallest absolute Gasteiger partial charge is 0.132 e. The van der Waals surface area contributed by atoms with Crippen LogP contribution in [0.1, 0.15) is 64.2 Å². The molecule has 0 radical (unpaired) electrons. The summed E-state index contributed by atoms with van der Waals surface area (Å²) in [5, 5.41) is 0. The van der Waals surface area contributed by atoms with Crippen molar-refractivity contribution in [2.45, 2.75) is 76.4 Å². The normalized spacial score (nSPS) is 32.8. The Bertz CT molecular complexity index is 252. The minimum absolute atomic E-state index is 0.438. The van der Waals surface area contributed by atoms with Crippen molar-refractivity contribution in [1.29, 1.82) is 0 Å². The Morgan fingerprint density at radius 3 is 2.39 bits per heavy atom. The molecule has 0 amide bonds. The monoisotopic (exact) mass is 254 g/mol. The molecule has 104 valence electrons. The molecule has 2 rings (SSSR count). The molecule has 0 aromatic carbocycles. The van der Waals surface area contributed by atoms with E-state index in [2.05, 4.69) is 0 Å². The standard InChI is InChI=1S/C15H26O3/c16-13-7-3-1-2-4-9-14-15(18-14)10-12-17-11-6-5-8-13/h14-15H,1-12H2. The minimum atomic E-state index is 0.438. The first-order chi connectivity index (χ1) is 8.86. The SMILES string of the molecule is O=C1CCCCCCC2OC2CCOCCCC1. The van der Waals surface area contributed by atoms with Crippen LogP contribution in [-0.4, -0.2) is 31.2 Å². The number of ether oxygens (including phenoxy) is 2. The number of epoxide rings is 1. The summed E-state index contributed by atoms with van der Waals surface area (Å²) < 4.78 is 11.2. The van der Waals surface area contributed by atoms with E-state index in [1.54, 1.807) is 0 Å². The van der Waals surface area contributed by atoms with Crippen LogP contribution in [0.25, 0.3) is 0 Å². The Kier molecular flexibility index (Phi) is 6.15. The van der Waals surface area contributed by atoms with Crippen molar-refractivity contribution in [3.8, 4) is 0 Å². The lowest BCUT2D eigenvalue weighted by molar-refractivity contribution is -0.119. The van der Waals surface area contributed by atoms with E-state index < -0.39 is 0 Å². The number of rotatable bonds is 0. The van der Waals surface area contributed by atoms with Gasteiger partial charge in [-0.05, 0) is 32.1 Å². The molecule has 2 atom stereocenters. The molecule has 0 aliphatic carbocycles. The third-order valence-electron chi connectivity index (χ3n) is 3.92. The van der Waals surface area contributed by atoms with Gasteiger partial charge in [-0.15, -0.1) is 0 Å². The number of ketones is 1. The summed E-state index contributed by atoms with van der Waals surface area (Å²) in [4.78, 5) is 11.6. The average molecular weight is 254 g/mol. The zero-order valence-electron chi connectivity index (χ0n) is 11.4. The molecule has 0 N–H and O–H groups in total. The second-order valence-electron chi connectivity index (χ2n) is 5.56. The van der Waals surface area contributed by atoms with E-state index in [9.17, 15) is 4.79 Å². The summed E-state index contributed by atoms with van der Waals surface area (Å²) in [6.07, 6.45) is 11.5. The van der Waals surface area contributed by atoms with Crippen LogP contribution in [0.3, 0.4) is 0 Å². The van der Waals surface area contributed by atoms with Gasteiger partial charge in [0.2, 0.25) is 0 Å². The van der Waals surface area contributed by atoms with E-state index in [4.69, 9.17) is 9.47 Å². The first-order valence-electron chi connectivity index (χ1n) is 7.61. The van der Waals surface area contributed by atoms with Crippen molar-refractivity contribution in [2.75, 3.05) is 13.2 Å². The zero-order chi connectivity index (χ0) is 12.6. The molecule has 0 aromatic rings. The molecule has 2 aliphatic rings. The summed E-state index contributed by atoms with van der Waals surface area (Å²) in [7, 11) is 0. The lowest BCUT2D eigenvalue weighted by Gasteiger charge is -2.05. The largest absolute Gasteiger partial charge is 0.381 e. The van der Waals surface area contributed by atoms with Gasteiger partial charge in [0, 0.05) is 26.1 Å². The van der Waals surface area contributed by atoms with Crippen LogP contribution in [-0.2, 0) is 14.3 Å². The van der Waals surface area contributed by atoms with Crippen LogP contribution in [0.15, 0.2) is 0 Å². The predicted octanol–water partition coefficient (Wildman–Crippen LogP) is 3.25. The van der Waals surface area contributed by atoms with Crippen molar-refractivity contribution in [2.24, 2.45) is 0 Å². The molecule has 2 aliphatic heterocycles. The van der Waals surface area contributed by atoms with Crippen molar-refractivity contribution in [3.05, 3.63) is 0 Å². The lowest BCUT2D eigenvalue weighted by Crippen LogP contribution is -2.04. The lowest BCUT2D eigenvalue weighted by atomic mass is 10.0. The van der Waals surface area contributed by atoms with Crippen molar-refractivity contribution < 1.29 is 14.3 Å². The third-order valence-corrected chi connectivity index (χ3v) is 3.92. The maximum absolute atomic E-state index is 11.6. The summed E-state index contributed by atoms with van der Waals surface area (Å²) >= 11 is 0. The first kappa shape index (κ1) is 14.0. The molecule has 0 spiro atoms. The zero-order valence-corrected chi connectivity index (χ0v) is 11.4. The Morgan fingerprint density at radius 2 is 1.50 bits per heavy atom. The van der Waals surface area contributed by atoms with Crippen LogP contribution in [0, 0.1) is 0 Å². The van der Waals surface area contributed by atoms with Crippen LogP contribution in [0.2, 0.25) is 0 Å². The second kappa shape index (κ2) is 7.90. The molecule has 2 fully saturated rings. The van der Waals surface area contributed by atoms with Gasteiger partial charge in [0.15, 0.2) is 0 Å². The molecular weight excluding hydrogens is 228 g/mol. The molecule has 2 saturated heterocycles. The summed E-state index contributed by atoms with van der Waals surface area (Å²) in [5.74, 6) is 0.438. The van der Waals surface area contributed by atoms with E-state index in [-0.39, 0.29) is 0 Å². The molecule has 2 unspecified atom stereocenters. The van der Waals surface area contributed by atoms with Crippen LogP contribution < -0.4 is 0 Å².